The van der Waals surface area contributed by atoms with E-state index in [0.717, 1.165) is 29.7 Å². The molecular weight excluding hydrogens is 250 g/mol. The van der Waals surface area contributed by atoms with Crippen molar-refractivity contribution in [1.29, 1.82) is 0 Å². The average Bonchev–Trinajstić information content (AvgIpc) is 2.88. The molecule has 2 aromatic rings. The predicted molar refractivity (Wildman–Crippen MR) is 83.4 cm³/mol. The van der Waals surface area contributed by atoms with E-state index in [9.17, 15) is 0 Å². The van der Waals surface area contributed by atoms with Gasteiger partial charge in [-0.3, -0.25) is 0 Å². The summed E-state index contributed by atoms with van der Waals surface area (Å²) in [6.45, 7) is 7.91. The van der Waals surface area contributed by atoms with Crippen LogP contribution in [0.5, 0.6) is 5.88 Å². The molecule has 2 aromatic heterocycles. The normalized spacial score (nSPS) is 11.4. The third-order valence-corrected chi connectivity index (χ3v) is 3.61. The van der Waals surface area contributed by atoms with Crippen LogP contribution in [0.4, 0.5) is 0 Å². The highest BCUT2D eigenvalue weighted by Crippen LogP contribution is 2.26. The van der Waals surface area contributed by atoms with E-state index in [2.05, 4.69) is 34.9 Å². The number of rotatable bonds is 8. The third kappa shape index (κ3) is 3.31. The highest BCUT2D eigenvalue weighted by Gasteiger charge is 2.11. The molecule has 2 heterocycles. The first kappa shape index (κ1) is 14.9. The monoisotopic (exact) mass is 275 g/mol. The molecule has 2 rings (SSSR count). The maximum Gasteiger partial charge on any atom is 0.222 e. The van der Waals surface area contributed by atoms with Gasteiger partial charge < -0.3 is 14.6 Å². The molecule has 0 aliphatic rings. The highest BCUT2D eigenvalue weighted by molar-refractivity contribution is 5.87. The van der Waals surface area contributed by atoms with E-state index in [4.69, 9.17) is 4.74 Å². The van der Waals surface area contributed by atoms with E-state index < -0.39 is 0 Å². The fraction of sp³-hybridized carbons (Fsp3) is 0.562. The van der Waals surface area contributed by atoms with Gasteiger partial charge in [-0.1, -0.05) is 13.8 Å². The number of H-pyrrole nitrogens is 1. The summed E-state index contributed by atoms with van der Waals surface area (Å²) in [6, 6.07) is 2.00. The second-order valence-corrected chi connectivity index (χ2v) is 5.15. The average molecular weight is 275 g/mol. The molecule has 0 saturated heterocycles. The van der Waals surface area contributed by atoms with Crippen molar-refractivity contribution >= 4 is 10.9 Å². The summed E-state index contributed by atoms with van der Waals surface area (Å²) in [7, 11) is 1.68. The SMILES string of the molecule is CCCN(CCC)CCc1c[nH]c2ccnc(OC)c12. The number of aromatic nitrogens is 2. The Bertz CT molecular complexity index is 530. The fourth-order valence-electron chi connectivity index (χ4n) is 2.71. The van der Waals surface area contributed by atoms with Crippen molar-refractivity contribution < 1.29 is 4.74 Å². The van der Waals surface area contributed by atoms with Gasteiger partial charge in [0.2, 0.25) is 5.88 Å². The van der Waals surface area contributed by atoms with Gasteiger partial charge in [-0.2, -0.15) is 0 Å². The summed E-state index contributed by atoms with van der Waals surface area (Å²) in [5.41, 5.74) is 2.39. The van der Waals surface area contributed by atoms with Gasteiger partial charge in [0, 0.05) is 18.9 Å². The van der Waals surface area contributed by atoms with Gasteiger partial charge in [-0.25, -0.2) is 4.98 Å². The van der Waals surface area contributed by atoms with E-state index in [1.54, 1.807) is 13.3 Å². The van der Waals surface area contributed by atoms with Crippen LogP contribution in [-0.4, -0.2) is 41.6 Å². The van der Waals surface area contributed by atoms with Gasteiger partial charge in [0.05, 0.1) is 18.0 Å². The Morgan fingerprint density at radius 3 is 2.60 bits per heavy atom. The van der Waals surface area contributed by atoms with Crippen LogP contribution in [0.2, 0.25) is 0 Å². The van der Waals surface area contributed by atoms with Crippen LogP contribution in [0, 0.1) is 0 Å². The van der Waals surface area contributed by atoms with Crippen LogP contribution in [0.3, 0.4) is 0 Å². The zero-order valence-electron chi connectivity index (χ0n) is 12.8. The second kappa shape index (κ2) is 7.29. The lowest BCUT2D eigenvalue weighted by atomic mass is 10.1. The topological polar surface area (TPSA) is 41.2 Å². The van der Waals surface area contributed by atoms with Crippen molar-refractivity contribution in [1.82, 2.24) is 14.9 Å². The maximum absolute atomic E-state index is 5.38. The van der Waals surface area contributed by atoms with E-state index in [1.807, 2.05) is 6.07 Å². The van der Waals surface area contributed by atoms with Crippen molar-refractivity contribution in [2.45, 2.75) is 33.1 Å². The number of pyridine rings is 1. The van der Waals surface area contributed by atoms with E-state index in [1.165, 1.54) is 31.5 Å². The van der Waals surface area contributed by atoms with Gasteiger partial charge in [0.25, 0.3) is 0 Å². The lowest BCUT2D eigenvalue weighted by Crippen LogP contribution is -2.27. The second-order valence-electron chi connectivity index (χ2n) is 5.15. The molecule has 4 heteroatoms. The van der Waals surface area contributed by atoms with Crippen LogP contribution >= 0.6 is 0 Å². The molecule has 0 fully saturated rings. The minimum atomic E-state index is 0.719. The van der Waals surface area contributed by atoms with Gasteiger partial charge in [-0.05, 0) is 44.0 Å². The van der Waals surface area contributed by atoms with Crippen molar-refractivity contribution in [3.05, 3.63) is 24.0 Å². The van der Waals surface area contributed by atoms with Gasteiger partial charge in [-0.15, -0.1) is 0 Å². The first-order chi connectivity index (χ1) is 9.80. The molecule has 0 unspecified atom stereocenters. The van der Waals surface area contributed by atoms with E-state index in [0.29, 0.717) is 0 Å². The number of methoxy groups -OCH3 is 1. The maximum atomic E-state index is 5.38. The number of nitrogens with one attached hydrogen (secondary N) is 1. The van der Waals surface area contributed by atoms with Crippen molar-refractivity contribution in [3.63, 3.8) is 0 Å². The van der Waals surface area contributed by atoms with Crippen LogP contribution in [0.25, 0.3) is 10.9 Å². The van der Waals surface area contributed by atoms with Gasteiger partial charge >= 0.3 is 0 Å². The molecule has 0 aliphatic heterocycles. The summed E-state index contributed by atoms with van der Waals surface area (Å²) in [4.78, 5) is 10.1. The van der Waals surface area contributed by atoms with Crippen molar-refractivity contribution in [2.24, 2.45) is 0 Å². The zero-order valence-corrected chi connectivity index (χ0v) is 12.8. The zero-order chi connectivity index (χ0) is 14.4. The Balaban J connectivity index is 2.13. The lowest BCUT2D eigenvalue weighted by molar-refractivity contribution is 0.278. The van der Waals surface area contributed by atoms with Crippen molar-refractivity contribution in [2.75, 3.05) is 26.7 Å². The smallest absolute Gasteiger partial charge is 0.222 e. The number of nitrogens with zero attached hydrogens (tertiary/aromatic N) is 2. The molecular formula is C16H25N3O. The predicted octanol–water partition coefficient (Wildman–Crippen LogP) is 3.24. The molecule has 0 aromatic carbocycles. The lowest BCUT2D eigenvalue weighted by Gasteiger charge is -2.20. The van der Waals surface area contributed by atoms with Gasteiger partial charge in [0.1, 0.15) is 0 Å². The summed E-state index contributed by atoms with van der Waals surface area (Å²) < 4.78 is 5.38. The Morgan fingerprint density at radius 2 is 1.95 bits per heavy atom. The molecule has 4 nitrogen and oxygen atoms in total. The highest BCUT2D eigenvalue weighted by atomic mass is 16.5. The minimum absolute atomic E-state index is 0.719. The molecule has 0 radical (unpaired) electrons. The number of ether oxygens (including phenoxy) is 1. The Morgan fingerprint density at radius 1 is 1.20 bits per heavy atom. The number of hydrogen-bond donors (Lipinski definition) is 1. The molecule has 1 N–H and O–H groups in total. The molecule has 0 saturated carbocycles. The Hall–Kier alpha value is -1.55. The third-order valence-electron chi connectivity index (χ3n) is 3.61. The summed E-state index contributed by atoms with van der Waals surface area (Å²) in [5, 5.41) is 1.13. The van der Waals surface area contributed by atoms with Crippen LogP contribution in [0.1, 0.15) is 32.3 Å². The van der Waals surface area contributed by atoms with Crippen LogP contribution in [-0.2, 0) is 6.42 Å². The number of aromatic amines is 1. The summed E-state index contributed by atoms with van der Waals surface area (Å²) in [5.74, 6) is 0.719. The van der Waals surface area contributed by atoms with Crippen LogP contribution in [0.15, 0.2) is 18.5 Å². The quantitative estimate of drug-likeness (QED) is 0.804. The molecule has 20 heavy (non-hydrogen) atoms. The Labute approximate surface area is 121 Å². The number of fused-ring (bicyclic) bond motifs is 1. The van der Waals surface area contributed by atoms with Crippen molar-refractivity contribution in [3.8, 4) is 5.88 Å². The summed E-state index contributed by atoms with van der Waals surface area (Å²) in [6.07, 6.45) is 7.31. The molecule has 0 amide bonds. The summed E-state index contributed by atoms with van der Waals surface area (Å²) >= 11 is 0. The number of hydrogen-bond acceptors (Lipinski definition) is 3. The molecule has 110 valence electrons. The first-order valence-electron chi connectivity index (χ1n) is 7.51. The van der Waals surface area contributed by atoms with Gasteiger partial charge in [0.15, 0.2) is 0 Å². The van der Waals surface area contributed by atoms with E-state index in [-0.39, 0.29) is 0 Å². The largest absolute Gasteiger partial charge is 0.480 e. The molecule has 0 bridgehead atoms. The van der Waals surface area contributed by atoms with Crippen LogP contribution < -0.4 is 4.74 Å². The molecule has 0 spiro atoms. The fourth-order valence-corrected chi connectivity index (χ4v) is 2.71. The minimum Gasteiger partial charge on any atom is -0.480 e. The molecule has 0 aliphatic carbocycles. The first-order valence-corrected chi connectivity index (χ1v) is 7.51. The standard InChI is InChI=1S/C16H25N3O/c1-4-9-19(10-5-2)11-7-13-12-18-14-6-8-17-16(20-3)15(13)14/h6,8,12,18H,4-5,7,9-11H2,1-3H3. The Kier molecular flexibility index (Phi) is 5.41. The molecule has 0 atom stereocenters. The van der Waals surface area contributed by atoms with E-state index >= 15 is 0 Å².